The van der Waals surface area contributed by atoms with Gasteiger partial charge < -0.3 is 25.6 Å². The van der Waals surface area contributed by atoms with Crippen LogP contribution in [0.3, 0.4) is 0 Å². The van der Waals surface area contributed by atoms with Crippen molar-refractivity contribution < 1.29 is 37.1 Å². The van der Waals surface area contributed by atoms with Gasteiger partial charge in [-0.1, -0.05) is 20.8 Å². The van der Waals surface area contributed by atoms with Crippen LogP contribution in [0, 0.1) is 28.6 Å². The van der Waals surface area contributed by atoms with Crippen molar-refractivity contribution in [2.24, 2.45) is 17.3 Å². The molecule has 190 valence electrons. The molecule has 2 aliphatic heterocycles. The molecule has 0 aromatic carbocycles. The van der Waals surface area contributed by atoms with Gasteiger partial charge in [0.05, 0.1) is 19.1 Å². The molecule has 5 atom stereocenters. The molecule has 13 heteroatoms. The summed E-state index contributed by atoms with van der Waals surface area (Å²) in [4.78, 5) is 50.6. The summed E-state index contributed by atoms with van der Waals surface area (Å²) in [5, 5.41) is 16.8. The van der Waals surface area contributed by atoms with E-state index < -0.39 is 72.4 Å². The predicted octanol–water partition coefficient (Wildman–Crippen LogP) is 1.07. The Labute approximate surface area is 195 Å². The summed E-state index contributed by atoms with van der Waals surface area (Å²) in [6, 6.07) is -2.03. The quantitative estimate of drug-likeness (QED) is 0.510. The second kappa shape index (κ2) is 10.5. The zero-order valence-electron chi connectivity index (χ0n) is 19.5. The van der Waals surface area contributed by atoms with Crippen LogP contribution in [-0.4, -0.2) is 73.2 Å². The second-order valence-electron chi connectivity index (χ2n) is 9.62. The van der Waals surface area contributed by atoms with Crippen molar-refractivity contribution in [2.45, 2.75) is 64.3 Å². The summed E-state index contributed by atoms with van der Waals surface area (Å²) in [6.45, 7) is 4.50. The zero-order valence-corrected chi connectivity index (χ0v) is 19.5. The first-order chi connectivity index (χ1) is 15.7. The summed E-state index contributed by atoms with van der Waals surface area (Å²) < 4.78 is 45.1. The lowest BCUT2D eigenvalue weighted by molar-refractivity contribution is -0.171. The van der Waals surface area contributed by atoms with Crippen LogP contribution >= 0.6 is 0 Å². The smallest absolute Gasteiger partial charge is 0.407 e. The van der Waals surface area contributed by atoms with Crippen LogP contribution in [0.25, 0.3) is 0 Å². The molecule has 4 amide bonds. The van der Waals surface area contributed by atoms with Crippen LogP contribution in [0.15, 0.2) is 0 Å². The average molecular weight is 489 g/mol. The Balaban J connectivity index is 2.26. The van der Waals surface area contributed by atoms with Crippen LogP contribution in [0.5, 0.6) is 0 Å². The van der Waals surface area contributed by atoms with Crippen molar-refractivity contribution in [3.8, 4) is 6.07 Å². The lowest BCUT2D eigenvalue weighted by Crippen LogP contribution is -2.58. The number of nitrogens with zero attached hydrogens (tertiary/aromatic N) is 2. The van der Waals surface area contributed by atoms with Gasteiger partial charge in [-0.3, -0.25) is 14.4 Å². The zero-order chi connectivity index (χ0) is 25.8. The Morgan fingerprint density at radius 2 is 1.91 bits per heavy atom. The van der Waals surface area contributed by atoms with E-state index in [4.69, 9.17) is 0 Å². The molecular weight excluding hydrogens is 459 g/mol. The van der Waals surface area contributed by atoms with E-state index in [-0.39, 0.29) is 12.3 Å². The number of rotatable bonds is 6. The fourth-order valence-corrected chi connectivity index (χ4v) is 4.12. The van der Waals surface area contributed by atoms with E-state index in [0.29, 0.717) is 13.0 Å². The fraction of sp³-hybridized carbons (Fsp3) is 0.762. The molecule has 10 nitrogen and oxygen atoms in total. The van der Waals surface area contributed by atoms with Crippen molar-refractivity contribution >= 4 is 23.8 Å². The average Bonchev–Trinajstić information content (AvgIpc) is 3.36. The van der Waals surface area contributed by atoms with E-state index in [0.717, 1.165) is 12.0 Å². The number of hydrogen-bond acceptors (Lipinski definition) is 6. The first-order valence-corrected chi connectivity index (χ1v) is 10.9. The molecule has 0 radical (unpaired) electrons. The molecule has 0 bridgehead atoms. The van der Waals surface area contributed by atoms with Gasteiger partial charge in [-0.2, -0.15) is 18.4 Å². The number of carbonyl (C=O) groups is 4. The normalized spacial score (nSPS) is 24.6. The first kappa shape index (κ1) is 27.2. The third kappa shape index (κ3) is 6.51. The molecule has 2 saturated heterocycles. The monoisotopic (exact) mass is 489 g/mol. The first-order valence-electron chi connectivity index (χ1n) is 10.9. The number of hydrogen-bond donors (Lipinski definition) is 3. The van der Waals surface area contributed by atoms with E-state index >= 15 is 0 Å². The SMILES string of the molecule is COC(=O)NC(C(=O)N1C[C@H](C(F)(F)F)C[C@H]1C(=O)N[C@H](C#N)C[C@@H]1CCNC1=O)C(C)(C)C. The maximum Gasteiger partial charge on any atom is 0.407 e. The molecule has 2 heterocycles. The molecule has 0 aliphatic carbocycles. The maximum absolute atomic E-state index is 13.5. The van der Waals surface area contributed by atoms with E-state index in [1.807, 2.05) is 6.07 Å². The van der Waals surface area contributed by atoms with E-state index in [2.05, 4.69) is 20.7 Å². The number of methoxy groups -OCH3 is 1. The van der Waals surface area contributed by atoms with Gasteiger partial charge in [-0.05, 0) is 24.7 Å². The summed E-state index contributed by atoms with van der Waals surface area (Å²) in [5.74, 6) is -4.49. The minimum absolute atomic E-state index is 0.00590. The summed E-state index contributed by atoms with van der Waals surface area (Å²) in [6.07, 6.45) is -5.80. The van der Waals surface area contributed by atoms with Gasteiger partial charge >= 0.3 is 12.3 Å². The highest BCUT2D eigenvalue weighted by molar-refractivity contribution is 5.92. The standard InChI is InChI=1S/C21H30F3N5O5/c1-20(2,3)15(28-19(33)34-4)18(32)29-10-12(21(22,23)24)8-14(29)17(31)27-13(9-25)7-11-5-6-26-16(11)30/h11-15H,5-8,10H2,1-4H3,(H,26,30)(H,27,31)(H,28,33)/t11-,12+,13-,14-,15?/m0/s1. The Bertz CT molecular complexity index is 851. The summed E-state index contributed by atoms with van der Waals surface area (Å²) in [7, 11) is 1.08. The molecule has 2 fully saturated rings. The van der Waals surface area contributed by atoms with Gasteiger partial charge in [-0.15, -0.1) is 0 Å². The molecule has 0 aromatic heterocycles. The minimum atomic E-state index is -4.66. The van der Waals surface area contributed by atoms with E-state index in [9.17, 15) is 37.6 Å². The van der Waals surface area contributed by atoms with Gasteiger partial charge in [0.1, 0.15) is 18.1 Å². The van der Waals surface area contributed by atoms with Gasteiger partial charge in [0.25, 0.3) is 0 Å². The molecule has 0 aromatic rings. The number of nitrogens with one attached hydrogen (secondary N) is 3. The third-order valence-corrected chi connectivity index (χ3v) is 6.07. The number of carbonyl (C=O) groups excluding carboxylic acids is 4. The highest BCUT2D eigenvalue weighted by Crippen LogP contribution is 2.38. The third-order valence-electron chi connectivity index (χ3n) is 6.07. The van der Waals surface area contributed by atoms with Gasteiger partial charge in [-0.25, -0.2) is 4.79 Å². The molecule has 3 N–H and O–H groups in total. The van der Waals surface area contributed by atoms with Gasteiger partial charge in [0.15, 0.2) is 0 Å². The number of alkyl carbamates (subject to hydrolysis) is 1. The number of ether oxygens (including phenoxy) is 1. The largest absolute Gasteiger partial charge is 0.453 e. The molecule has 2 aliphatic rings. The van der Waals surface area contributed by atoms with Crippen molar-refractivity contribution in [1.29, 1.82) is 5.26 Å². The molecule has 2 rings (SSSR count). The van der Waals surface area contributed by atoms with E-state index in [1.165, 1.54) is 0 Å². The summed E-state index contributed by atoms with van der Waals surface area (Å²) in [5.41, 5.74) is -0.909. The Morgan fingerprint density at radius 1 is 1.26 bits per heavy atom. The molecule has 1 unspecified atom stereocenters. The summed E-state index contributed by atoms with van der Waals surface area (Å²) >= 11 is 0. The van der Waals surface area contributed by atoms with Crippen molar-refractivity contribution in [3.63, 3.8) is 0 Å². The lowest BCUT2D eigenvalue weighted by atomic mass is 9.85. The Morgan fingerprint density at radius 3 is 2.38 bits per heavy atom. The number of nitriles is 1. The molecular formula is C21H30F3N5O5. The van der Waals surface area contributed by atoms with Crippen molar-refractivity contribution in [2.75, 3.05) is 20.2 Å². The Hall–Kier alpha value is -3.04. The van der Waals surface area contributed by atoms with Crippen LogP contribution in [0.2, 0.25) is 0 Å². The molecule has 0 spiro atoms. The Kier molecular flexibility index (Phi) is 8.39. The van der Waals surface area contributed by atoms with E-state index in [1.54, 1.807) is 20.8 Å². The van der Waals surface area contributed by atoms with Crippen molar-refractivity contribution in [1.82, 2.24) is 20.9 Å². The molecule has 0 saturated carbocycles. The lowest BCUT2D eigenvalue weighted by Gasteiger charge is -2.35. The highest BCUT2D eigenvalue weighted by Gasteiger charge is 2.53. The van der Waals surface area contributed by atoms with Crippen LogP contribution in [-0.2, 0) is 19.1 Å². The van der Waals surface area contributed by atoms with Gasteiger partial charge in [0, 0.05) is 19.0 Å². The van der Waals surface area contributed by atoms with Gasteiger partial charge in [0.2, 0.25) is 17.7 Å². The highest BCUT2D eigenvalue weighted by atomic mass is 19.4. The second-order valence-corrected chi connectivity index (χ2v) is 9.62. The van der Waals surface area contributed by atoms with Crippen LogP contribution in [0.1, 0.15) is 40.0 Å². The van der Waals surface area contributed by atoms with Crippen molar-refractivity contribution in [3.05, 3.63) is 0 Å². The minimum Gasteiger partial charge on any atom is -0.453 e. The number of likely N-dealkylation sites (tertiary alicyclic amines) is 1. The van der Waals surface area contributed by atoms with Crippen LogP contribution < -0.4 is 16.0 Å². The number of halogens is 3. The number of amides is 4. The molecule has 34 heavy (non-hydrogen) atoms. The maximum atomic E-state index is 13.5. The van der Waals surface area contributed by atoms with Crippen LogP contribution in [0.4, 0.5) is 18.0 Å². The topological polar surface area (TPSA) is 141 Å². The number of alkyl halides is 3. The predicted molar refractivity (Wildman–Crippen MR) is 112 cm³/mol. The fourth-order valence-electron chi connectivity index (χ4n) is 4.12.